The first kappa shape index (κ1) is 16.0. The zero-order valence-corrected chi connectivity index (χ0v) is 12.6. The van der Waals surface area contributed by atoms with Crippen LogP contribution in [-0.4, -0.2) is 40.6 Å². The summed E-state index contributed by atoms with van der Waals surface area (Å²) in [5, 5.41) is 13.6. The molecule has 1 heterocycles. The third kappa shape index (κ3) is 3.84. The molecule has 1 saturated heterocycles. The second-order valence-electron chi connectivity index (χ2n) is 6.15. The molecular formula is C14H18FN3O4. The third-order valence-corrected chi connectivity index (χ3v) is 3.05. The minimum absolute atomic E-state index is 0.0339. The number of nitrogens with one attached hydrogen (secondary N) is 1. The van der Waals surface area contributed by atoms with Gasteiger partial charge in [-0.3, -0.25) is 10.1 Å². The molecule has 1 amide bonds. The monoisotopic (exact) mass is 311 g/mol. The third-order valence-electron chi connectivity index (χ3n) is 3.05. The zero-order valence-electron chi connectivity index (χ0n) is 12.6. The zero-order chi connectivity index (χ0) is 16.5. The maximum absolute atomic E-state index is 13.5. The topological polar surface area (TPSA) is 84.7 Å². The molecule has 2 rings (SSSR count). The lowest BCUT2D eigenvalue weighted by Crippen LogP contribution is -2.57. The molecule has 0 spiro atoms. The van der Waals surface area contributed by atoms with Crippen molar-refractivity contribution in [1.29, 1.82) is 0 Å². The molecule has 1 aromatic rings. The average Bonchev–Trinajstić information content (AvgIpc) is 2.30. The van der Waals surface area contributed by atoms with Crippen LogP contribution in [-0.2, 0) is 4.74 Å². The number of nitro groups is 1. The molecule has 1 fully saturated rings. The van der Waals surface area contributed by atoms with Crippen molar-refractivity contribution in [3.8, 4) is 0 Å². The highest BCUT2D eigenvalue weighted by Crippen LogP contribution is 2.23. The second kappa shape index (κ2) is 5.78. The Hall–Kier alpha value is -2.38. The predicted molar refractivity (Wildman–Crippen MR) is 78.3 cm³/mol. The fraction of sp³-hybridized carbons (Fsp3) is 0.500. The van der Waals surface area contributed by atoms with Crippen molar-refractivity contribution in [2.75, 3.05) is 18.4 Å². The summed E-state index contributed by atoms with van der Waals surface area (Å²) in [5.41, 5.74) is -0.664. The largest absolute Gasteiger partial charge is 0.444 e. The smallest absolute Gasteiger partial charge is 0.410 e. The number of nitro benzene ring substituents is 1. The Morgan fingerprint density at radius 3 is 2.59 bits per heavy atom. The minimum atomic E-state index is -0.890. The van der Waals surface area contributed by atoms with Crippen molar-refractivity contribution >= 4 is 17.5 Å². The van der Waals surface area contributed by atoms with Crippen LogP contribution in [0.4, 0.5) is 20.6 Å². The number of likely N-dealkylation sites (tertiary alicyclic amines) is 1. The molecule has 1 aliphatic heterocycles. The van der Waals surface area contributed by atoms with Gasteiger partial charge in [0.25, 0.3) is 0 Å². The molecule has 0 bridgehead atoms. The van der Waals surface area contributed by atoms with Gasteiger partial charge in [0.15, 0.2) is 0 Å². The summed E-state index contributed by atoms with van der Waals surface area (Å²) in [6.45, 7) is 6.25. The summed E-state index contributed by atoms with van der Waals surface area (Å²) in [6, 6.07) is 3.60. The van der Waals surface area contributed by atoms with Gasteiger partial charge in [-0.05, 0) is 26.8 Å². The fourth-order valence-corrected chi connectivity index (χ4v) is 2.03. The molecule has 0 radical (unpaired) electrons. The van der Waals surface area contributed by atoms with Crippen molar-refractivity contribution < 1.29 is 18.8 Å². The summed E-state index contributed by atoms with van der Waals surface area (Å²) in [4.78, 5) is 23.1. The van der Waals surface area contributed by atoms with Gasteiger partial charge in [0, 0.05) is 30.9 Å². The van der Waals surface area contributed by atoms with Crippen molar-refractivity contribution in [3.05, 3.63) is 34.1 Å². The maximum Gasteiger partial charge on any atom is 0.410 e. The molecule has 0 atom stereocenters. The Morgan fingerprint density at radius 1 is 1.45 bits per heavy atom. The van der Waals surface area contributed by atoms with Crippen LogP contribution in [0.15, 0.2) is 18.2 Å². The lowest BCUT2D eigenvalue weighted by Gasteiger charge is -2.40. The first-order valence-electron chi connectivity index (χ1n) is 6.84. The highest BCUT2D eigenvalue weighted by atomic mass is 19.1. The van der Waals surface area contributed by atoms with E-state index in [1.54, 1.807) is 20.8 Å². The molecule has 8 heteroatoms. The Kier molecular flexibility index (Phi) is 4.20. The Balaban J connectivity index is 1.87. The first-order valence-corrected chi connectivity index (χ1v) is 6.84. The minimum Gasteiger partial charge on any atom is -0.444 e. The summed E-state index contributed by atoms with van der Waals surface area (Å²) in [5.74, 6) is -0.890. The van der Waals surface area contributed by atoms with Gasteiger partial charge in [0.2, 0.25) is 5.82 Å². The summed E-state index contributed by atoms with van der Waals surface area (Å²) in [6.07, 6.45) is -0.388. The first-order chi connectivity index (χ1) is 10.2. The standard InChI is InChI=1S/C14H18FN3O4/c1-14(2,3)22-13(19)17-7-10(8-17)16-9-4-5-12(18(20)21)11(15)6-9/h4-6,10,16H,7-8H2,1-3H3. The molecule has 0 saturated carbocycles. The fourth-order valence-electron chi connectivity index (χ4n) is 2.03. The van der Waals surface area contributed by atoms with E-state index in [9.17, 15) is 19.3 Å². The molecule has 1 N–H and O–H groups in total. The molecule has 7 nitrogen and oxygen atoms in total. The van der Waals surface area contributed by atoms with E-state index in [2.05, 4.69) is 5.32 Å². The van der Waals surface area contributed by atoms with Crippen LogP contribution in [0.3, 0.4) is 0 Å². The van der Waals surface area contributed by atoms with E-state index in [1.807, 2.05) is 0 Å². The number of carbonyl (C=O) groups is 1. The predicted octanol–water partition coefficient (Wildman–Crippen LogP) is 2.77. The molecular weight excluding hydrogens is 293 g/mol. The van der Waals surface area contributed by atoms with E-state index < -0.39 is 22.0 Å². The quantitative estimate of drug-likeness (QED) is 0.685. The molecule has 0 unspecified atom stereocenters. The number of anilines is 1. The van der Waals surface area contributed by atoms with Crippen LogP contribution < -0.4 is 5.32 Å². The van der Waals surface area contributed by atoms with Gasteiger partial charge in [-0.15, -0.1) is 0 Å². The van der Waals surface area contributed by atoms with Crippen LogP contribution in [0.5, 0.6) is 0 Å². The van der Waals surface area contributed by atoms with Gasteiger partial charge in [0.1, 0.15) is 5.60 Å². The number of hydrogen-bond donors (Lipinski definition) is 1. The van der Waals surface area contributed by atoms with Gasteiger partial charge in [-0.25, -0.2) is 4.79 Å². The van der Waals surface area contributed by atoms with E-state index in [4.69, 9.17) is 4.74 Å². The van der Waals surface area contributed by atoms with E-state index in [0.29, 0.717) is 18.8 Å². The van der Waals surface area contributed by atoms with E-state index >= 15 is 0 Å². The van der Waals surface area contributed by atoms with Crippen LogP contribution in [0, 0.1) is 15.9 Å². The highest BCUT2D eigenvalue weighted by Gasteiger charge is 2.33. The number of halogens is 1. The van der Waals surface area contributed by atoms with Crippen LogP contribution in [0.2, 0.25) is 0 Å². The van der Waals surface area contributed by atoms with E-state index in [0.717, 1.165) is 12.1 Å². The number of ether oxygens (including phenoxy) is 1. The van der Waals surface area contributed by atoms with E-state index in [1.165, 1.54) is 11.0 Å². The maximum atomic E-state index is 13.5. The summed E-state index contributed by atoms with van der Waals surface area (Å²) in [7, 11) is 0. The summed E-state index contributed by atoms with van der Waals surface area (Å²) < 4.78 is 18.7. The molecule has 0 aromatic heterocycles. The van der Waals surface area contributed by atoms with Crippen molar-refractivity contribution in [2.24, 2.45) is 0 Å². The van der Waals surface area contributed by atoms with Gasteiger partial charge < -0.3 is 15.0 Å². The van der Waals surface area contributed by atoms with Gasteiger partial charge in [-0.2, -0.15) is 4.39 Å². The lowest BCUT2D eigenvalue weighted by atomic mass is 10.1. The van der Waals surface area contributed by atoms with Crippen LogP contribution in [0.1, 0.15) is 20.8 Å². The Bertz CT molecular complexity index is 594. The van der Waals surface area contributed by atoms with Crippen LogP contribution in [0.25, 0.3) is 0 Å². The van der Waals surface area contributed by atoms with Crippen molar-refractivity contribution in [3.63, 3.8) is 0 Å². The number of benzene rings is 1. The number of nitrogens with zero attached hydrogens (tertiary/aromatic N) is 2. The van der Waals surface area contributed by atoms with Crippen molar-refractivity contribution in [2.45, 2.75) is 32.4 Å². The highest BCUT2D eigenvalue weighted by molar-refractivity contribution is 5.69. The number of carbonyl (C=O) groups excluding carboxylic acids is 1. The number of hydrogen-bond acceptors (Lipinski definition) is 5. The van der Waals surface area contributed by atoms with Crippen molar-refractivity contribution in [1.82, 2.24) is 4.90 Å². The normalized spacial score (nSPS) is 15.2. The summed E-state index contributed by atoms with van der Waals surface area (Å²) >= 11 is 0. The van der Waals surface area contributed by atoms with E-state index in [-0.39, 0.29) is 12.1 Å². The molecule has 0 aliphatic carbocycles. The number of rotatable bonds is 3. The Morgan fingerprint density at radius 2 is 2.09 bits per heavy atom. The second-order valence-corrected chi connectivity index (χ2v) is 6.15. The number of amides is 1. The van der Waals surface area contributed by atoms with Gasteiger partial charge in [-0.1, -0.05) is 0 Å². The Labute approximate surface area is 127 Å². The average molecular weight is 311 g/mol. The lowest BCUT2D eigenvalue weighted by molar-refractivity contribution is -0.387. The van der Waals surface area contributed by atoms with Gasteiger partial charge in [0.05, 0.1) is 11.0 Å². The van der Waals surface area contributed by atoms with Crippen LogP contribution >= 0.6 is 0 Å². The SMILES string of the molecule is CC(C)(C)OC(=O)N1CC(Nc2ccc([N+](=O)[O-])c(F)c2)C1. The molecule has 1 aliphatic rings. The molecule has 120 valence electrons. The molecule has 22 heavy (non-hydrogen) atoms. The van der Waals surface area contributed by atoms with Gasteiger partial charge >= 0.3 is 11.8 Å². The molecule has 1 aromatic carbocycles.